The molecule has 1 fully saturated rings. The maximum absolute atomic E-state index is 12.3. The minimum Gasteiger partial charge on any atom is -0.376 e. The smallest absolute Gasteiger partial charge is 0.241 e. The number of rotatable bonds is 4. The van der Waals surface area contributed by atoms with Gasteiger partial charge in [0.05, 0.1) is 6.54 Å². The summed E-state index contributed by atoms with van der Waals surface area (Å²) in [5.74, 6) is 0.842. The van der Waals surface area contributed by atoms with Crippen molar-refractivity contribution in [3.63, 3.8) is 0 Å². The topological polar surface area (TPSA) is 61.4 Å². The van der Waals surface area contributed by atoms with Crippen LogP contribution in [0, 0.1) is 0 Å². The van der Waals surface area contributed by atoms with Crippen molar-refractivity contribution in [1.29, 1.82) is 0 Å². The summed E-state index contributed by atoms with van der Waals surface area (Å²) in [5, 5.41) is 3.16. The Bertz CT molecular complexity index is 641. The molecule has 1 N–H and O–H groups in total. The second-order valence-corrected chi connectivity index (χ2v) is 6.19. The normalized spacial score (nSPS) is 14.7. The third-order valence-electron chi connectivity index (χ3n) is 3.76. The van der Waals surface area contributed by atoms with Crippen LogP contribution < -0.4 is 10.2 Å². The Kier molecular flexibility index (Phi) is 5.07. The van der Waals surface area contributed by atoms with E-state index in [-0.39, 0.29) is 5.91 Å². The van der Waals surface area contributed by atoms with Crippen molar-refractivity contribution in [2.24, 2.45) is 0 Å². The molecule has 1 aliphatic heterocycles. The van der Waals surface area contributed by atoms with E-state index in [1.807, 2.05) is 29.2 Å². The van der Waals surface area contributed by atoms with Gasteiger partial charge in [0.25, 0.3) is 0 Å². The van der Waals surface area contributed by atoms with E-state index in [4.69, 9.17) is 0 Å². The predicted octanol–water partition coefficient (Wildman–Crippen LogP) is 2.00. The summed E-state index contributed by atoms with van der Waals surface area (Å²) in [7, 11) is 0. The molecule has 1 saturated heterocycles. The van der Waals surface area contributed by atoms with Crippen molar-refractivity contribution in [2.45, 2.75) is 0 Å². The first-order valence-electron chi connectivity index (χ1n) is 7.51. The molecule has 0 aliphatic carbocycles. The molecule has 7 heteroatoms. The maximum Gasteiger partial charge on any atom is 0.241 e. The Morgan fingerprint density at radius 1 is 1.09 bits per heavy atom. The van der Waals surface area contributed by atoms with Crippen molar-refractivity contribution in [1.82, 2.24) is 14.9 Å². The van der Waals surface area contributed by atoms with E-state index < -0.39 is 0 Å². The van der Waals surface area contributed by atoms with Crippen LogP contribution in [0.3, 0.4) is 0 Å². The number of halogens is 1. The minimum absolute atomic E-state index is 0.113. The van der Waals surface area contributed by atoms with Crippen LogP contribution in [0.15, 0.2) is 47.2 Å². The summed E-state index contributed by atoms with van der Waals surface area (Å²) in [6, 6.07) is 9.60. The summed E-state index contributed by atoms with van der Waals surface area (Å²) in [4.78, 5) is 24.8. The number of nitrogens with zero attached hydrogens (tertiary/aromatic N) is 4. The first-order chi connectivity index (χ1) is 11.2. The van der Waals surface area contributed by atoms with Crippen LogP contribution in [0.2, 0.25) is 0 Å². The average molecular weight is 376 g/mol. The largest absolute Gasteiger partial charge is 0.376 e. The fourth-order valence-electron chi connectivity index (χ4n) is 2.47. The quantitative estimate of drug-likeness (QED) is 0.885. The van der Waals surface area contributed by atoms with E-state index in [9.17, 15) is 4.79 Å². The molecule has 0 atom stereocenters. The highest BCUT2D eigenvalue weighted by Crippen LogP contribution is 2.14. The first kappa shape index (κ1) is 15.7. The number of benzene rings is 1. The van der Waals surface area contributed by atoms with Crippen molar-refractivity contribution in [2.75, 3.05) is 42.9 Å². The first-order valence-corrected chi connectivity index (χ1v) is 8.31. The lowest BCUT2D eigenvalue weighted by Gasteiger charge is -2.34. The van der Waals surface area contributed by atoms with Gasteiger partial charge in [-0.15, -0.1) is 0 Å². The van der Waals surface area contributed by atoms with Crippen LogP contribution in [0.4, 0.5) is 11.6 Å². The second-order valence-electron chi connectivity index (χ2n) is 5.28. The highest BCUT2D eigenvalue weighted by atomic mass is 79.9. The third-order valence-corrected chi connectivity index (χ3v) is 4.28. The lowest BCUT2D eigenvalue weighted by molar-refractivity contribution is -0.129. The second kappa shape index (κ2) is 7.41. The van der Waals surface area contributed by atoms with Crippen LogP contribution in [0.25, 0.3) is 0 Å². The number of aromatic nitrogens is 2. The number of nitrogens with one attached hydrogen (secondary N) is 1. The van der Waals surface area contributed by atoms with Gasteiger partial charge in [0.15, 0.2) is 0 Å². The van der Waals surface area contributed by atoms with Crippen molar-refractivity contribution in [3.8, 4) is 0 Å². The zero-order valence-corrected chi connectivity index (χ0v) is 14.2. The molecule has 0 radical (unpaired) electrons. The lowest BCUT2D eigenvalue weighted by Crippen LogP contribution is -2.50. The summed E-state index contributed by atoms with van der Waals surface area (Å²) >= 11 is 3.40. The fraction of sp³-hybridized carbons (Fsp3) is 0.312. The van der Waals surface area contributed by atoms with Gasteiger partial charge in [-0.05, 0) is 30.3 Å². The van der Waals surface area contributed by atoms with E-state index in [2.05, 4.69) is 36.1 Å². The molecule has 0 bridgehead atoms. The Labute approximate surface area is 143 Å². The van der Waals surface area contributed by atoms with Crippen LogP contribution in [-0.4, -0.2) is 53.5 Å². The van der Waals surface area contributed by atoms with Crippen LogP contribution >= 0.6 is 15.9 Å². The average Bonchev–Trinajstić information content (AvgIpc) is 2.62. The van der Waals surface area contributed by atoms with Gasteiger partial charge in [-0.1, -0.05) is 15.9 Å². The van der Waals surface area contributed by atoms with E-state index in [0.29, 0.717) is 19.6 Å². The molecule has 1 amide bonds. The highest BCUT2D eigenvalue weighted by molar-refractivity contribution is 9.10. The number of carbonyl (C=O) groups is 1. The Balaban J connectivity index is 1.47. The lowest BCUT2D eigenvalue weighted by atomic mass is 10.3. The van der Waals surface area contributed by atoms with Gasteiger partial charge in [0.1, 0.15) is 0 Å². The van der Waals surface area contributed by atoms with Crippen LogP contribution in [0.1, 0.15) is 0 Å². The number of piperazine rings is 1. The molecule has 3 rings (SSSR count). The zero-order valence-electron chi connectivity index (χ0n) is 12.7. The number of hydrogen-bond donors (Lipinski definition) is 1. The predicted molar refractivity (Wildman–Crippen MR) is 93.5 cm³/mol. The standard InChI is InChI=1S/C16H18BrN5O/c17-13-2-4-14(5-3-13)20-12-15(23)21-8-10-22(11-9-21)16-18-6-1-7-19-16/h1-7,20H,8-12H2. The van der Waals surface area contributed by atoms with E-state index in [0.717, 1.165) is 29.2 Å². The zero-order chi connectivity index (χ0) is 16.1. The molecule has 1 aromatic heterocycles. The number of hydrogen-bond acceptors (Lipinski definition) is 5. The fourth-order valence-corrected chi connectivity index (χ4v) is 2.73. The third kappa shape index (κ3) is 4.19. The Morgan fingerprint density at radius 2 is 1.74 bits per heavy atom. The molecule has 120 valence electrons. The SMILES string of the molecule is O=C(CNc1ccc(Br)cc1)N1CCN(c2ncccn2)CC1. The van der Waals surface area contributed by atoms with Gasteiger partial charge in [-0.2, -0.15) is 0 Å². The summed E-state index contributed by atoms with van der Waals surface area (Å²) in [6.45, 7) is 3.21. The molecule has 0 saturated carbocycles. The molecule has 2 heterocycles. The highest BCUT2D eigenvalue weighted by Gasteiger charge is 2.22. The van der Waals surface area contributed by atoms with E-state index >= 15 is 0 Å². The molecule has 1 aliphatic rings. The van der Waals surface area contributed by atoms with Gasteiger partial charge >= 0.3 is 0 Å². The van der Waals surface area contributed by atoms with Gasteiger partial charge in [-0.3, -0.25) is 4.79 Å². The van der Waals surface area contributed by atoms with Crippen LogP contribution in [0.5, 0.6) is 0 Å². The maximum atomic E-state index is 12.3. The minimum atomic E-state index is 0.113. The Morgan fingerprint density at radius 3 is 2.39 bits per heavy atom. The van der Waals surface area contributed by atoms with E-state index in [1.54, 1.807) is 18.5 Å². The van der Waals surface area contributed by atoms with Crippen molar-refractivity contribution < 1.29 is 4.79 Å². The monoisotopic (exact) mass is 375 g/mol. The van der Waals surface area contributed by atoms with Crippen molar-refractivity contribution in [3.05, 3.63) is 47.2 Å². The Hall–Kier alpha value is -2.15. The van der Waals surface area contributed by atoms with Gasteiger partial charge in [0.2, 0.25) is 11.9 Å². The molecule has 0 unspecified atom stereocenters. The molecular formula is C16H18BrN5O. The van der Waals surface area contributed by atoms with E-state index in [1.165, 1.54) is 0 Å². The molecule has 1 aromatic carbocycles. The number of amides is 1. The van der Waals surface area contributed by atoms with Crippen LogP contribution in [-0.2, 0) is 4.79 Å². The molecule has 0 spiro atoms. The molecule has 2 aromatic rings. The van der Waals surface area contributed by atoms with Crippen molar-refractivity contribution >= 4 is 33.5 Å². The summed E-state index contributed by atoms with van der Waals surface area (Å²) < 4.78 is 1.02. The van der Waals surface area contributed by atoms with Gasteiger partial charge in [-0.25, -0.2) is 9.97 Å². The summed E-state index contributed by atoms with van der Waals surface area (Å²) in [6.07, 6.45) is 3.48. The molecular weight excluding hydrogens is 358 g/mol. The van der Waals surface area contributed by atoms with Gasteiger partial charge in [0, 0.05) is 48.7 Å². The molecule has 6 nitrogen and oxygen atoms in total. The summed E-state index contributed by atoms with van der Waals surface area (Å²) in [5.41, 5.74) is 0.942. The van der Waals surface area contributed by atoms with Gasteiger partial charge < -0.3 is 15.1 Å². The number of anilines is 2. The number of carbonyl (C=O) groups excluding carboxylic acids is 1. The molecule has 23 heavy (non-hydrogen) atoms.